The van der Waals surface area contributed by atoms with Crippen LogP contribution in [0.4, 0.5) is 30.5 Å². The molecule has 3 aromatic heterocycles. The summed E-state index contributed by atoms with van der Waals surface area (Å²) in [5.41, 5.74) is 8.30. The minimum Gasteiger partial charge on any atom is -0.449 e. The molecule has 5 rings (SSSR count). The van der Waals surface area contributed by atoms with Gasteiger partial charge in [-0.1, -0.05) is 0 Å². The van der Waals surface area contributed by atoms with Crippen LogP contribution < -0.4 is 16.0 Å². The van der Waals surface area contributed by atoms with E-state index in [1.54, 1.807) is 32.2 Å². The number of nitrogens with one attached hydrogen (secondary N) is 1. The molecule has 1 saturated heterocycles. The highest BCUT2D eigenvalue weighted by molar-refractivity contribution is 5.94. The van der Waals surface area contributed by atoms with Gasteiger partial charge in [-0.2, -0.15) is 18.3 Å². The molecule has 0 saturated carbocycles. The summed E-state index contributed by atoms with van der Waals surface area (Å²) in [6, 6.07) is 5.16. The summed E-state index contributed by atoms with van der Waals surface area (Å²) in [5, 5.41) is 7.06. The molecule has 0 amide bonds. The predicted octanol–water partition coefficient (Wildman–Crippen LogP) is 3.98. The fourth-order valence-electron chi connectivity index (χ4n) is 4.62. The maximum atomic E-state index is 12.8. The van der Waals surface area contributed by atoms with Gasteiger partial charge in [0.05, 0.1) is 11.8 Å². The standard InChI is InChI=1S/C24H26F3N7O2/c1-23(2)21-16(22(35)36-23)5-6-19(32-21)31-20-8-18(33-7-3-4-15(28)12-33)17(10-29-20)14-9-30-34(11-14)13-24(25,26)27/h5-6,8-11,15H,3-4,7,12-13,28H2,1-2H3,(H,29,31,32)/t15-/m0/s1. The number of carbonyl (C=O) groups excluding carboxylic acids is 1. The average molecular weight is 502 g/mol. The topological polar surface area (TPSA) is 111 Å². The minimum atomic E-state index is -4.37. The second-order valence-corrected chi connectivity index (χ2v) is 9.59. The molecule has 0 radical (unpaired) electrons. The molecule has 1 atom stereocenters. The van der Waals surface area contributed by atoms with Crippen LogP contribution in [0.3, 0.4) is 0 Å². The van der Waals surface area contributed by atoms with E-state index in [1.165, 1.54) is 12.4 Å². The first-order valence-electron chi connectivity index (χ1n) is 11.6. The van der Waals surface area contributed by atoms with E-state index in [0.29, 0.717) is 40.6 Å². The first kappa shape index (κ1) is 24.0. The lowest BCUT2D eigenvalue weighted by Gasteiger charge is -2.34. The number of fused-ring (bicyclic) bond motifs is 1. The third kappa shape index (κ3) is 4.85. The summed E-state index contributed by atoms with van der Waals surface area (Å²) < 4.78 is 44.8. The summed E-state index contributed by atoms with van der Waals surface area (Å²) in [6.07, 6.45) is 1.81. The maximum Gasteiger partial charge on any atom is 0.408 e. The normalized spacial score (nSPS) is 19.2. The molecule has 0 aromatic carbocycles. The van der Waals surface area contributed by atoms with E-state index in [9.17, 15) is 18.0 Å². The molecule has 0 bridgehead atoms. The zero-order chi connectivity index (χ0) is 25.7. The largest absolute Gasteiger partial charge is 0.449 e. The Hall–Kier alpha value is -3.67. The Balaban J connectivity index is 1.48. The summed E-state index contributed by atoms with van der Waals surface area (Å²) in [7, 11) is 0. The lowest BCUT2D eigenvalue weighted by atomic mass is 10.0. The number of rotatable bonds is 5. The number of pyridine rings is 2. The van der Waals surface area contributed by atoms with Crippen LogP contribution in [0.15, 0.2) is 36.8 Å². The molecule has 0 aliphatic carbocycles. The number of esters is 1. The van der Waals surface area contributed by atoms with Crippen molar-refractivity contribution >= 4 is 23.3 Å². The number of ether oxygens (including phenoxy) is 1. The van der Waals surface area contributed by atoms with Gasteiger partial charge in [-0.3, -0.25) is 4.68 Å². The zero-order valence-electron chi connectivity index (χ0n) is 19.8. The number of anilines is 3. The number of hydrogen-bond donors (Lipinski definition) is 2. The quantitative estimate of drug-likeness (QED) is 0.505. The highest BCUT2D eigenvalue weighted by Crippen LogP contribution is 2.37. The van der Waals surface area contributed by atoms with E-state index in [4.69, 9.17) is 10.5 Å². The van der Waals surface area contributed by atoms with E-state index in [2.05, 4.69) is 25.3 Å². The van der Waals surface area contributed by atoms with Gasteiger partial charge in [0.1, 0.15) is 29.5 Å². The third-order valence-electron chi connectivity index (χ3n) is 6.26. The first-order valence-corrected chi connectivity index (χ1v) is 11.6. The van der Waals surface area contributed by atoms with Gasteiger partial charge in [-0.05, 0) is 38.8 Å². The van der Waals surface area contributed by atoms with Gasteiger partial charge < -0.3 is 20.7 Å². The van der Waals surface area contributed by atoms with Crippen molar-refractivity contribution < 1.29 is 22.7 Å². The van der Waals surface area contributed by atoms with Crippen LogP contribution in [0.1, 0.15) is 42.7 Å². The lowest BCUT2D eigenvalue weighted by molar-refractivity contribution is -0.142. The summed E-state index contributed by atoms with van der Waals surface area (Å²) >= 11 is 0. The van der Waals surface area contributed by atoms with Crippen LogP contribution in [-0.4, -0.2) is 51.0 Å². The molecule has 36 heavy (non-hydrogen) atoms. The van der Waals surface area contributed by atoms with E-state index >= 15 is 0 Å². The van der Waals surface area contributed by atoms with Crippen molar-refractivity contribution in [2.45, 2.75) is 51.1 Å². The van der Waals surface area contributed by atoms with Gasteiger partial charge in [0.25, 0.3) is 0 Å². The van der Waals surface area contributed by atoms with Crippen LogP contribution in [0.25, 0.3) is 11.1 Å². The molecule has 0 spiro atoms. The molecule has 0 unspecified atom stereocenters. The Kier molecular flexibility index (Phi) is 5.86. The SMILES string of the molecule is CC1(C)OC(=O)c2ccc(Nc3cc(N4CCC[C@H](N)C4)c(-c4cnn(CC(F)(F)F)c4)cn3)nc21. The van der Waals surface area contributed by atoms with Crippen molar-refractivity contribution in [3.8, 4) is 11.1 Å². The molecule has 9 nitrogen and oxygen atoms in total. The molecule has 2 aliphatic heterocycles. The Labute approximate surface area is 205 Å². The van der Waals surface area contributed by atoms with Crippen molar-refractivity contribution in [2.24, 2.45) is 5.73 Å². The first-order chi connectivity index (χ1) is 17.0. The number of halogens is 3. The second-order valence-electron chi connectivity index (χ2n) is 9.59. The molecular formula is C24H26F3N7O2. The smallest absolute Gasteiger partial charge is 0.408 e. The fourth-order valence-corrected chi connectivity index (χ4v) is 4.62. The maximum absolute atomic E-state index is 12.8. The number of alkyl halides is 3. The monoisotopic (exact) mass is 501 g/mol. The zero-order valence-corrected chi connectivity index (χ0v) is 19.8. The number of carbonyl (C=O) groups is 1. The summed E-state index contributed by atoms with van der Waals surface area (Å²) in [5.74, 6) is 0.567. The van der Waals surface area contributed by atoms with Gasteiger partial charge in [0, 0.05) is 54.4 Å². The van der Waals surface area contributed by atoms with Crippen molar-refractivity contribution in [1.29, 1.82) is 0 Å². The molecule has 3 N–H and O–H groups in total. The second kappa shape index (κ2) is 8.77. The third-order valence-corrected chi connectivity index (χ3v) is 6.26. The fraction of sp³-hybridized carbons (Fsp3) is 0.417. The average Bonchev–Trinajstić information content (AvgIpc) is 3.33. The number of aromatic nitrogens is 4. The van der Waals surface area contributed by atoms with Crippen molar-refractivity contribution in [3.63, 3.8) is 0 Å². The number of cyclic esters (lactones) is 1. The molecule has 1 fully saturated rings. The minimum absolute atomic E-state index is 0.0118. The Bertz CT molecular complexity index is 1310. The van der Waals surface area contributed by atoms with Gasteiger partial charge >= 0.3 is 12.1 Å². The Morgan fingerprint density at radius 3 is 2.78 bits per heavy atom. The molecule has 5 heterocycles. The molecule has 2 aliphatic rings. The number of hydrogen-bond acceptors (Lipinski definition) is 8. The highest BCUT2D eigenvalue weighted by Gasteiger charge is 2.39. The Morgan fingerprint density at radius 2 is 2.03 bits per heavy atom. The predicted molar refractivity (Wildman–Crippen MR) is 127 cm³/mol. The van der Waals surface area contributed by atoms with Crippen LogP contribution in [-0.2, 0) is 16.9 Å². The van der Waals surface area contributed by atoms with Crippen LogP contribution in [0.5, 0.6) is 0 Å². The van der Waals surface area contributed by atoms with E-state index in [0.717, 1.165) is 29.8 Å². The van der Waals surface area contributed by atoms with E-state index in [1.807, 2.05) is 6.07 Å². The number of nitrogens with zero attached hydrogens (tertiary/aromatic N) is 5. The van der Waals surface area contributed by atoms with Crippen LogP contribution in [0.2, 0.25) is 0 Å². The molecule has 12 heteroatoms. The van der Waals surface area contributed by atoms with E-state index < -0.39 is 24.3 Å². The lowest BCUT2D eigenvalue weighted by Crippen LogP contribution is -2.43. The highest BCUT2D eigenvalue weighted by atomic mass is 19.4. The molecular weight excluding hydrogens is 475 g/mol. The van der Waals surface area contributed by atoms with Crippen LogP contribution in [0, 0.1) is 0 Å². The van der Waals surface area contributed by atoms with Gasteiger partial charge in [0.2, 0.25) is 0 Å². The van der Waals surface area contributed by atoms with Crippen molar-refractivity contribution in [3.05, 3.63) is 48.0 Å². The molecule has 190 valence electrons. The summed E-state index contributed by atoms with van der Waals surface area (Å²) in [6.45, 7) is 3.74. The van der Waals surface area contributed by atoms with Crippen molar-refractivity contribution in [2.75, 3.05) is 23.3 Å². The number of nitrogens with two attached hydrogens (primary N) is 1. The van der Waals surface area contributed by atoms with Gasteiger partial charge in [-0.15, -0.1) is 0 Å². The summed E-state index contributed by atoms with van der Waals surface area (Å²) in [4.78, 5) is 23.2. The van der Waals surface area contributed by atoms with Crippen LogP contribution >= 0.6 is 0 Å². The van der Waals surface area contributed by atoms with Gasteiger partial charge in [-0.25, -0.2) is 14.8 Å². The Morgan fingerprint density at radius 1 is 1.22 bits per heavy atom. The van der Waals surface area contributed by atoms with Gasteiger partial charge in [0.15, 0.2) is 0 Å². The van der Waals surface area contributed by atoms with Crippen molar-refractivity contribution in [1.82, 2.24) is 19.7 Å². The molecule has 3 aromatic rings. The number of piperidine rings is 1. The van der Waals surface area contributed by atoms with E-state index in [-0.39, 0.29) is 6.04 Å².